The SMILES string of the molecule is N#CCc1c(C(F)(F)F)ccnc1-c1c(Cl)c(Cl)c(Cl)c(Cl)c1Cl. The first-order valence-electron chi connectivity index (χ1n) is 6.05. The Hall–Kier alpha value is -0.900. The summed E-state index contributed by atoms with van der Waals surface area (Å²) >= 11 is 29.9. The highest BCUT2D eigenvalue weighted by Crippen LogP contribution is 2.49. The molecule has 2 rings (SSSR count). The highest BCUT2D eigenvalue weighted by molar-refractivity contribution is 6.56. The molecule has 0 atom stereocenters. The van der Waals surface area contributed by atoms with Crippen LogP contribution in [-0.2, 0) is 12.6 Å². The number of hydrogen-bond acceptors (Lipinski definition) is 2. The summed E-state index contributed by atoms with van der Waals surface area (Å²) in [4.78, 5) is 3.89. The summed E-state index contributed by atoms with van der Waals surface area (Å²) in [5, 5.41) is 7.99. The van der Waals surface area contributed by atoms with E-state index >= 15 is 0 Å². The third-order valence-corrected chi connectivity index (χ3v) is 5.34. The Morgan fingerprint density at radius 1 is 0.958 bits per heavy atom. The predicted molar refractivity (Wildman–Crippen MR) is 89.0 cm³/mol. The molecule has 0 aliphatic heterocycles. The van der Waals surface area contributed by atoms with Gasteiger partial charge in [-0.1, -0.05) is 58.0 Å². The van der Waals surface area contributed by atoms with Gasteiger partial charge in [-0.2, -0.15) is 18.4 Å². The first-order valence-corrected chi connectivity index (χ1v) is 7.94. The second kappa shape index (κ2) is 7.15. The van der Waals surface area contributed by atoms with Gasteiger partial charge in [0.25, 0.3) is 0 Å². The summed E-state index contributed by atoms with van der Waals surface area (Å²) in [7, 11) is 0. The molecule has 1 aromatic heterocycles. The minimum absolute atomic E-state index is 0.117. The number of hydrogen-bond donors (Lipinski definition) is 0. The maximum atomic E-state index is 13.2. The Morgan fingerprint density at radius 2 is 1.46 bits per heavy atom. The van der Waals surface area contributed by atoms with Crippen LogP contribution in [0, 0.1) is 11.3 Å². The molecular weight excluding hydrogens is 430 g/mol. The summed E-state index contributed by atoms with van der Waals surface area (Å²) < 4.78 is 39.6. The van der Waals surface area contributed by atoms with Gasteiger partial charge in [-0.3, -0.25) is 4.98 Å². The maximum Gasteiger partial charge on any atom is 0.416 e. The van der Waals surface area contributed by atoms with E-state index in [1.807, 2.05) is 0 Å². The zero-order valence-corrected chi connectivity index (χ0v) is 15.1. The van der Waals surface area contributed by atoms with Crippen LogP contribution in [0.4, 0.5) is 13.2 Å². The van der Waals surface area contributed by atoms with E-state index in [2.05, 4.69) is 4.98 Å². The standard InChI is InChI=1S/C14H4Cl5F3N2/c15-8-7(9(16)11(18)12(19)10(8)17)13-5(1-3-23)6(2-4-24-13)14(20,21)22/h2,4H,1H2. The number of halogens is 8. The number of pyridine rings is 1. The molecule has 0 spiro atoms. The monoisotopic (exact) mass is 432 g/mol. The van der Waals surface area contributed by atoms with Crippen molar-refractivity contribution in [2.24, 2.45) is 0 Å². The fourth-order valence-electron chi connectivity index (χ4n) is 2.04. The molecule has 24 heavy (non-hydrogen) atoms. The van der Waals surface area contributed by atoms with E-state index in [-0.39, 0.29) is 41.9 Å². The van der Waals surface area contributed by atoms with Crippen molar-refractivity contribution in [1.29, 1.82) is 5.26 Å². The fraction of sp³-hybridized carbons (Fsp3) is 0.143. The molecule has 126 valence electrons. The number of nitrogens with zero attached hydrogens (tertiary/aromatic N) is 2. The molecule has 2 nitrogen and oxygen atoms in total. The van der Waals surface area contributed by atoms with Crippen molar-refractivity contribution in [2.75, 3.05) is 0 Å². The molecular formula is C14H4Cl5F3N2. The highest BCUT2D eigenvalue weighted by atomic mass is 35.5. The predicted octanol–water partition coefficient (Wildman–Crippen LogP) is 7.10. The summed E-state index contributed by atoms with van der Waals surface area (Å²) in [6.45, 7) is 0. The molecule has 0 saturated heterocycles. The van der Waals surface area contributed by atoms with Gasteiger partial charge in [0.1, 0.15) is 0 Å². The Labute approximate surface area is 159 Å². The van der Waals surface area contributed by atoms with Gasteiger partial charge in [0, 0.05) is 17.3 Å². The van der Waals surface area contributed by atoms with E-state index < -0.39 is 18.2 Å². The van der Waals surface area contributed by atoms with Crippen LogP contribution < -0.4 is 0 Å². The lowest BCUT2D eigenvalue weighted by Crippen LogP contribution is -2.11. The van der Waals surface area contributed by atoms with Gasteiger partial charge in [-0.25, -0.2) is 0 Å². The normalized spacial score (nSPS) is 11.5. The minimum atomic E-state index is -4.69. The number of aromatic nitrogens is 1. The second-order valence-corrected chi connectivity index (χ2v) is 6.35. The molecule has 2 aromatic rings. The van der Waals surface area contributed by atoms with Crippen LogP contribution in [0.25, 0.3) is 11.3 Å². The summed E-state index contributed by atoms with van der Waals surface area (Å²) in [5.41, 5.74) is -1.76. The van der Waals surface area contributed by atoms with Crippen LogP contribution in [0.15, 0.2) is 12.3 Å². The lowest BCUT2D eigenvalue weighted by Gasteiger charge is -2.17. The van der Waals surface area contributed by atoms with Gasteiger partial charge in [-0.15, -0.1) is 0 Å². The molecule has 0 aliphatic carbocycles. The van der Waals surface area contributed by atoms with Crippen LogP contribution in [-0.4, -0.2) is 4.98 Å². The van der Waals surface area contributed by atoms with Crippen molar-refractivity contribution in [2.45, 2.75) is 12.6 Å². The van der Waals surface area contributed by atoms with Crippen LogP contribution >= 0.6 is 58.0 Å². The number of alkyl halides is 3. The van der Waals surface area contributed by atoms with Gasteiger partial charge >= 0.3 is 6.18 Å². The van der Waals surface area contributed by atoms with Gasteiger partial charge in [0.05, 0.1) is 48.9 Å². The Bertz CT molecular complexity index is 830. The van der Waals surface area contributed by atoms with Crippen molar-refractivity contribution in [3.05, 3.63) is 48.5 Å². The third-order valence-electron chi connectivity index (χ3n) is 3.06. The highest BCUT2D eigenvalue weighted by Gasteiger charge is 2.35. The largest absolute Gasteiger partial charge is 0.416 e. The van der Waals surface area contributed by atoms with E-state index in [4.69, 9.17) is 63.3 Å². The fourth-order valence-corrected chi connectivity index (χ4v) is 3.36. The zero-order valence-electron chi connectivity index (χ0n) is 11.3. The molecule has 10 heteroatoms. The Morgan fingerprint density at radius 3 is 1.92 bits per heavy atom. The van der Waals surface area contributed by atoms with E-state index in [0.717, 1.165) is 12.3 Å². The molecule has 0 radical (unpaired) electrons. The molecule has 0 saturated carbocycles. The van der Waals surface area contributed by atoms with E-state index in [1.165, 1.54) is 0 Å². The van der Waals surface area contributed by atoms with Crippen molar-refractivity contribution in [3.8, 4) is 17.3 Å². The van der Waals surface area contributed by atoms with Crippen LogP contribution in [0.2, 0.25) is 25.1 Å². The van der Waals surface area contributed by atoms with Crippen LogP contribution in [0.3, 0.4) is 0 Å². The van der Waals surface area contributed by atoms with E-state index in [0.29, 0.717) is 0 Å². The lowest BCUT2D eigenvalue weighted by atomic mass is 9.98. The van der Waals surface area contributed by atoms with Crippen LogP contribution in [0.1, 0.15) is 11.1 Å². The van der Waals surface area contributed by atoms with Gasteiger partial charge in [0.2, 0.25) is 0 Å². The molecule has 0 bridgehead atoms. The quantitative estimate of drug-likeness (QED) is 0.373. The Kier molecular flexibility index (Phi) is 5.79. The summed E-state index contributed by atoms with van der Waals surface area (Å²) in [5.74, 6) is 0. The van der Waals surface area contributed by atoms with Crippen molar-refractivity contribution >= 4 is 58.0 Å². The molecule has 0 aliphatic rings. The molecule has 0 fully saturated rings. The smallest absolute Gasteiger partial charge is 0.256 e. The van der Waals surface area contributed by atoms with Crippen molar-refractivity contribution in [1.82, 2.24) is 4.98 Å². The van der Waals surface area contributed by atoms with Crippen molar-refractivity contribution < 1.29 is 13.2 Å². The zero-order chi connectivity index (χ0) is 18.2. The summed E-state index contributed by atoms with van der Waals surface area (Å²) in [6.07, 6.45) is -4.33. The molecule has 0 unspecified atom stereocenters. The second-order valence-electron chi connectivity index (χ2n) is 4.46. The first kappa shape index (κ1) is 19.4. The first-order chi connectivity index (χ1) is 11.1. The third kappa shape index (κ3) is 3.40. The van der Waals surface area contributed by atoms with Gasteiger partial charge in [0.15, 0.2) is 0 Å². The number of nitriles is 1. The average Bonchev–Trinajstić information content (AvgIpc) is 2.51. The lowest BCUT2D eigenvalue weighted by molar-refractivity contribution is -0.138. The molecule has 1 heterocycles. The number of benzene rings is 1. The summed E-state index contributed by atoms with van der Waals surface area (Å²) in [6, 6.07) is 2.43. The average molecular weight is 434 g/mol. The van der Waals surface area contributed by atoms with E-state index in [1.54, 1.807) is 6.07 Å². The maximum absolute atomic E-state index is 13.2. The van der Waals surface area contributed by atoms with E-state index in [9.17, 15) is 13.2 Å². The van der Waals surface area contributed by atoms with Gasteiger partial charge in [-0.05, 0) is 6.07 Å². The van der Waals surface area contributed by atoms with Gasteiger partial charge < -0.3 is 0 Å². The minimum Gasteiger partial charge on any atom is -0.256 e. The molecule has 0 N–H and O–H groups in total. The number of rotatable bonds is 2. The molecule has 1 aromatic carbocycles. The molecule has 0 amide bonds. The topological polar surface area (TPSA) is 36.7 Å². The van der Waals surface area contributed by atoms with Crippen LogP contribution in [0.5, 0.6) is 0 Å². The Balaban J connectivity index is 2.92. The van der Waals surface area contributed by atoms with Crippen molar-refractivity contribution in [3.63, 3.8) is 0 Å².